The molecule has 210 valence electrons. The van der Waals surface area contributed by atoms with E-state index in [0.717, 1.165) is 0 Å². The summed E-state index contributed by atoms with van der Waals surface area (Å²) >= 11 is 0. The standard InChI is InChI=1S/C24H20P.C12H8N3O2S/c1-5-13-21(14-6-1)25(22-15-7-2-8-16-22,23-17-9-3-10-18-23)24-19-11-4-12-20-24;16-18(17)11-4-2-1-3-10(11)12(15-18)14-9-5-7-13-8-6-9/h1-20H;1-8H/q+1;-1. The lowest BCUT2D eigenvalue weighted by Gasteiger charge is -2.27. The van der Waals surface area contributed by atoms with E-state index in [-0.39, 0.29) is 10.7 Å². The molecule has 0 aliphatic carbocycles. The summed E-state index contributed by atoms with van der Waals surface area (Å²) in [6.07, 6.45) is 3.18. The summed E-state index contributed by atoms with van der Waals surface area (Å²) in [5, 5.41) is 5.55. The monoisotopic (exact) mass is 597 g/mol. The molecule has 5 aromatic carbocycles. The molecule has 0 fully saturated rings. The molecule has 0 spiro atoms. The van der Waals surface area contributed by atoms with Crippen LogP contribution in [-0.4, -0.2) is 19.2 Å². The molecule has 6 aromatic rings. The summed E-state index contributed by atoms with van der Waals surface area (Å²) < 4.78 is 27.3. The number of benzene rings is 5. The predicted molar refractivity (Wildman–Crippen MR) is 179 cm³/mol. The zero-order chi connectivity index (χ0) is 29.5. The highest BCUT2D eigenvalue weighted by molar-refractivity contribution is 8.01. The maximum absolute atomic E-state index is 11.8. The minimum atomic E-state index is -3.60. The lowest BCUT2D eigenvalue weighted by molar-refractivity contribution is 0.605. The van der Waals surface area contributed by atoms with Crippen molar-refractivity contribution < 1.29 is 8.42 Å². The van der Waals surface area contributed by atoms with Gasteiger partial charge in [-0.15, -0.1) is 0 Å². The van der Waals surface area contributed by atoms with Gasteiger partial charge in [-0.1, -0.05) is 91.0 Å². The van der Waals surface area contributed by atoms with Crippen molar-refractivity contribution in [3.05, 3.63) is 180 Å². The van der Waals surface area contributed by atoms with Gasteiger partial charge in [0.05, 0.1) is 4.90 Å². The molecule has 1 aliphatic rings. The molecule has 5 nitrogen and oxygen atoms in total. The Morgan fingerprint density at radius 1 is 0.512 bits per heavy atom. The minimum absolute atomic E-state index is 0.206. The fourth-order valence-electron chi connectivity index (χ4n) is 5.21. The number of aliphatic imine (C=N–C) groups is 1. The number of hydrogen-bond donors (Lipinski definition) is 0. The van der Waals surface area contributed by atoms with Crippen LogP contribution in [0, 0.1) is 0 Å². The van der Waals surface area contributed by atoms with E-state index < -0.39 is 17.3 Å². The molecule has 0 N–H and O–H groups in total. The molecule has 0 amide bonds. The highest BCUT2D eigenvalue weighted by Crippen LogP contribution is 2.54. The van der Waals surface area contributed by atoms with Gasteiger partial charge in [0.15, 0.2) is 0 Å². The van der Waals surface area contributed by atoms with Crippen LogP contribution < -0.4 is 21.2 Å². The summed E-state index contributed by atoms with van der Waals surface area (Å²) in [4.78, 5) is 8.31. The third kappa shape index (κ3) is 5.76. The van der Waals surface area contributed by atoms with E-state index in [0.29, 0.717) is 11.3 Å². The molecule has 0 bridgehead atoms. The number of rotatable bonds is 5. The average molecular weight is 598 g/mol. The van der Waals surface area contributed by atoms with Crippen molar-refractivity contribution in [2.45, 2.75) is 4.90 Å². The van der Waals surface area contributed by atoms with Crippen LogP contribution in [0.1, 0.15) is 5.56 Å². The van der Waals surface area contributed by atoms with Crippen molar-refractivity contribution in [1.29, 1.82) is 0 Å². The smallest absolute Gasteiger partial charge is 0.202 e. The van der Waals surface area contributed by atoms with E-state index in [1.54, 1.807) is 42.7 Å². The van der Waals surface area contributed by atoms with E-state index in [9.17, 15) is 8.42 Å². The topological polar surface area (TPSA) is 73.5 Å². The Morgan fingerprint density at radius 3 is 1.35 bits per heavy atom. The van der Waals surface area contributed by atoms with E-state index in [1.165, 1.54) is 27.3 Å². The summed E-state index contributed by atoms with van der Waals surface area (Å²) in [6.45, 7) is 0. The number of aromatic nitrogens is 1. The van der Waals surface area contributed by atoms with Gasteiger partial charge in [0, 0.05) is 12.4 Å². The second-order valence-electron chi connectivity index (χ2n) is 9.72. The molecule has 2 heterocycles. The van der Waals surface area contributed by atoms with Crippen LogP contribution in [0.3, 0.4) is 0 Å². The molecule has 7 rings (SSSR count). The molecule has 43 heavy (non-hydrogen) atoms. The van der Waals surface area contributed by atoms with Gasteiger partial charge in [-0.3, -0.25) is 4.98 Å². The fraction of sp³-hybridized carbons (Fsp3) is 0. The van der Waals surface area contributed by atoms with E-state index in [2.05, 4.69) is 136 Å². The van der Waals surface area contributed by atoms with Crippen molar-refractivity contribution in [3.8, 4) is 0 Å². The van der Waals surface area contributed by atoms with E-state index >= 15 is 0 Å². The normalized spacial score (nSPS) is 14.2. The van der Waals surface area contributed by atoms with Crippen molar-refractivity contribution in [1.82, 2.24) is 4.98 Å². The first kappa shape index (κ1) is 28.2. The summed E-state index contributed by atoms with van der Waals surface area (Å²) in [5.41, 5.74) is 1.16. The quantitative estimate of drug-likeness (QED) is 0.212. The molecule has 0 radical (unpaired) electrons. The number of pyridine rings is 1. The van der Waals surface area contributed by atoms with Crippen LogP contribution in [0.4, 0.5) is 5.69 Å². The summed E-state index contributed by atoms with van der Waals surface area (Å²) in [6, 6.07) is 53.9. The van der Waals surface area contributed by atoms with Crippen LogP contribution in [0.15, 0.2) is 180 Å². The number of fused-ring (bicyclic) bond motifs is 1. The maximum atomic E-state index is 11.8. The predicted octanol–water partition coefficient (Wildman–Crippen LogP) is 6.54. The fourth-order valence-corrected chi connectivity index (χ4v) is 10.6. The number of amidine groups is 1. The van der Waals surface area contributed by atoms with Gasteiger partial charge in [-0.05, 0) is 83.8 Å². The summed E-state index contributed by atoms with van der Waals surface area (Å²) in [7, 11) is -5.50. The lowest BCUT2D eigenvalue weighted by atomic mass is 10.2. The highest BCUT2D eigenvalue weighted by atomic mass is 32.2. The van der Waals surface area contributed by atoms with Gasteiger partial charge >= 0.3 is 0 Å². The van der Waals surface area contributed by atoms with Gasteiger partial charge < -0.3 is 9.71 Å². The Bertz CT molecular complexity index is 1770. The molecule has 0 saturated heterocycles. The van der Waals surface area contributed by atoms with Crippen molar-refractivity contribution in [2.24, 2.45) is 4.99 Å². The van der Waals surface area contributed by atoms with Crippen LogP contribution in [-0.2, 0) is 10.0 Å². The van der Waals surface area contributed by atoms with Gasteiger partial charge in [0.25, 0.3) is 0 Å². The maximum Gasteiger partial charge on any atom is 0.202 e. The molecule has 0 saturated carbocycles. The van der Waals surface area contributed by atoms with Gasteiger partial charge in [-0.2, -0.15) is 0 Å². The average Bonchev–Trinajstić information content (AvgIpc) is 3.33. The zero-order valence-corrected chi connectivity index (χ0v) is 24.9. The third-order valence-corrected chi connectivity index (χ3v) is 12.7. The Morgan fingerprint density at radius 2 is 0.907 bits per heavy atom. The molecule has 1 aromatic heterocycles. The molecule has 0 atom stereocenters. The van der Waals surface area contributed by atoms with Crippen LogP contribution in [0.2, 0.25) is 0 Å². The van der Waals surface area contributed by atoms with E-state index in [4.69, 9.17) is 0 Å². The van der Waals surface area contributed by atoms with Crippen molar-refractivity contribution in [3.63, 3.8) is 0 Å². The number of sulfonamides is 1. The molecule has 7 heteroatoms. The molecular weight excluding hydrogens is 569 g/mol. The van der Waals surface area contributed by atoms with Gasteiger partial charge in [0.2, 0.25) is 10.0 Å². The zero-order valence-electron chi connectivity index (χ0n) is 23.2. The van der Waals surface area contributed by atoms with Crippen molar-refractivity contribution in [2.75, 3.05) is 0 Å². The number of hydrogen-bond acceptors (Lipinski definition) is 4. The van der Waals surface area contributed by atoms with Crippen LogP contribution in [0.5, 0.6) is 0 Å². The highest BCUT2D eigenvalue weighted by Gasteiger charge is 2.47. The number of nitrogens with zero attached hydrogens (tertiary/aromatic N) is 3. The van der Waals surface area contributed by atoms with Gasteiger partial charge in [0.1, 0.15) is 28.5 Å². The largest absolute Gasteiger partial charge is 0.435 e. The van der Waals surface area contributed by atoms with E-state index in [1.807, 2.05) is 0 Å². The molecule has 1 aliphatic heterocycles. The first-order chi connectivity index (χ1) is 21.1. The Kier molecular flexibility index (Phi) is 8.23. The SMILES string of the molecule is O=S1(=O)[N-]C(=Nc2ccncc2)c2ccccc21.c1ccc([P+](c2ccccc2)(c2ccccc2)c2ccccc2)cc1. The Labute approximate surface area is 253 Å². The van der Waals surface area contributed by atoms with Crippen LogP contribution in [0.25, 0.3) is 4.72 Å². The first-order valence-corrected chi connectivity index (χ1v) is 17.0. The summed E-state index contributed by atoms with van der Waals surface area (Å²) in [5.74, 6) is 0.219. The first-order valence-electron chi connectivity index (χ1n) is 13.8. The second-order valence-corrected chi connectivity index (χ2v) is 14.7. The second kappa shape index (κ2) is 12.5. The Balaban J connectivity index is 0.000000162. The molecular formula is C36H28N3O2PS. The Hall–Kier alpha value is -4.90. The molecule has 0 unspecified atom stereocenters. The van der Waals surface area contributed by atoms with Gasteiger partial charge in [-0.25, -0.2) is 8.42 Å². The van der Waals surface area contributed by atoms with Crippen LogP contribution >= 0.6 is 7.26 Å². The minimum Gasteiger partial charge on any atom is -0.435 e. The van der Waals surface area contributed by atoms with Crippen molar-refractivity contribution >= 4 is 50.0 Å². The third-order valence-electron chi connectivity index (χ3n) is 7.08. The lowest BCUT2D eigenvalue weighted by Crippen LogP contribution is -2.38.